The number of carbonyl (C=O) groups is 2. The van der Waals surface area contributed by atoms with Crippen LogP contribution in [0.15, 0.2) is 24.3 Å². The highest BCUT2D eigenvalue weighted by Crippen LogP contribution is 2.32. The van der Waals surface area contributed by atoms with E-state index in [1.165, 1.54) is 13.0 Å². The van der Waals surface area contributed by atoms with Crippen LogP contribution in [-0.2, 0) is 4.79 Å². The van der Waals surface area contributed by atoms with Crippen molar-refractivity contribution in [3.8, 4) is 11.3 Å². The number of aromatic carboxylic acids is 1. The zero-order valence-corrected chi connectivity index (χ0v) is 14.0. The number of carbonyl (C=O) groups excluding carboxylic acids is 1. The number of nitrogens with zero attached hydrogens (tertiary/aromatic N) is 3. The lowest BCUT2D eigenvalue weighted by Gasteiger charge is -2.22. The van der Waals surface area contributed by atoms with Crippen LogP contribution in [0.3, 0.4) is 0 Å². The van der Waals surface area contributed by atoms with Gasteiger partial charge in [-0.15, -0.1) is 0 Å². The number of benzene rings is 1. The molecule has 1 aromatic heterocycles. The molecule has 2 heterocycles. The van der Waals surface area contributed by atoms with Gasteiger partial charge in [-0.3, -0.25) is 4.79 Å². The molecule has 0 radical (unpaired) electrons. The van der Waals surface area contributed by atoms with E-state index in [9.17, 15) is 19.1 Å². The second kappa shape index (κ2) is 6.58. The van der Waals surface area contributed by atoms with E-state index in [-0.39, 0.29) is 23.1 Å². The van der Waals surface area contributed by atoms with Gasteiger partial charge in [0, 0.05) is 24.7 Å². The Bertz CT molecular complexity index is 853. The van der Waals surface area contributed by atoms with E-state index in [2.05, 4.69) is 9.97 Å². The molecule has 0 bridgehead atoms. The van der Waals surface area contributed by atoms with E-state index in [1.54, 1.807) is 17.9 Å². The largest absolute Gasteiger partial charge is 0.478 e. The van der Waals surface area contributed by atoms with Crippen LogP contribution in [0.4, 0.5) is 4.39 Å². The molecule has 0 saturated carbocycles. The van der Waals surface area contributed by atoms with Gasteiger partial charge in [-0.2, -0.15) is 0 Å². The quantitative estimate of drug-likeness (QED) is 0.926. The Kier molecular flexibility index (Phi) is 4.48. The summed E-state index contributed by atoms with van der Waals surface area (Å²) < 4.78 is 13.7. The van der Waals surface area contributed by atoms with Gasteiger partial charge in [0.25, 0.3) is 0 Å². The van der Waals surface area contributed by atoms with Crippen molar-refractivity contribution in [2.45, 2.75) is 32.7 Å². The smallest absolute Gasteiger partial charge is 0.336 e. The highest BCUT2D eigenvalue weighted by atomic mass is 19.1. The van der Waals surface area contributed by atoms with Gasteiger partial charge in [-0.05, 0) is 44.0 Å². The second-order valence-corrected chi connectivity index (χ2v) is 6.12. The second-order valence-electron chi connectivity index (χ2n) is 6.12. The summed E-state index contributed by atoms with van der Waals surface area (Å²) in [6.45, 7) is 3.92. The molecule has 130 valence electrons. The lowest BCUT2D eigenvalue weighted by Crippen LogP contribution is -2.29. The van der Waals surface area contributed by atoms with Gasteiger partial charge in [-0.1, -0.05) is 0 Å². The van der Waals surface area contributed by atoms with E-state index < -0.39 is 11.8 Å². The first-order valence-electron chi connectivity index (χ1n) is 8.03. The third-order valence-corrected chi connectivity index (χ3v) is 4.31. The van der Waals surface area contributed by atoms with Crippen molar-refractivity contribution < 1.29 is 19.1 Å². The van der Waals surface area contributed by atoms with Crippen LogP contribution >= 0.6 is 0 Å². The van der Waals surface area contributed by atoms with Gasteiger partial charge in [0.2, 0.25) is 5.91 Å². The molecule has 1 amide bonds. The summed E-state index contributed by atoms with van der Waals surface area (Å²) in [6, 6.07) is 4.88. The van der Waals surface area contributed by atoms with Gasteiger partial charge in [0.05, 0.1) is 17.3 Å². The maximum absolute atomic E-state index is 13.7. The summed E-state index contributed by atoms with van der Waals surface area (Å²) in [5.41, 5.74) is 1.15. The number of carboxylic acid groups (broad SMARTS) is 1. The average molecular weight is 343 g/mol. The van der Waals surface area contributed by atoms with Crippen LogP contribution in [-0.4, -0.2) is 38.4 Å². The molecule has 6 nitrogen and oxygen atoms in total. The molecular formula is C18H18FN3O3. The lowest BCUT2D eigenvalue weighted by molar-refractivity contribution is -0.129. The summed E-state index contributed by atoms with van der Waals surface area (Å²) >= 11 is 0. The molecule has 0 unspecified atom stereocenters. The molecule has 1 aliphatic rings. The number of hydrogen-bond donors (Lipinski definition) is 1. The Morgan fingerprint density at radius 3 is 2.72 bits per heavy atom. The fourth-order valence-electron chi connectivity index (χ4n) is 3.21. The van der Waals surface area contributed by atoms with Crippen molar-refractivity contribution in [1.29, 1.82) is 0 Å². The monoisotopic (exact) mass is 343 g/mol. The van der Waals surface area contributed by atoms with Gasteiger partial charge in [-0.25, -0.2) is 19.2 Å². The highest BCUT2D eigenvalue weighted by Gasteiger charge is 2.30. The van der Waals surface area contributed by atoms with Gasteiger partial charge < -0.3 is 10.0 Å². The first-order valence-corrected chi connectivity index (χ1v) is 8.03. The first-order chi connectivity index (χ1) is 11.9. The topological polar surface area (TPSA) is 83.4 Å². The zero-order chi connectivity index (χ0) is 18.1. The van der Waals surface area contributed by atoms with Crippen molar-refractivity contribution in [2.75, 3.05) is 6.54 Å². The van der Waals surface area contributed by atoms with E-state index in [4.69, 9.17) is 0 Å². The van der Waals surface area contributed by atoms with Gasteiger partial charge in [0.1, 0.15) is 5.82 Å². The maximum Gasteiger partial charge on any atom is 0.336 e. The highest BCUT2D eigenvalue weighted by molar-refractivity contribution is 5.95. The number of aryl methyl sites for hydroxylation is 1. The minimum absolute atomic E-state index is 0.0275. The summed E-state index contributed by atoms with van der Waals surface area (Å²) in [6.07, 6.45) is 1.61. The van der Waals surface area contributed by atoms with Gasteiger partial charge >= 0.3 is 5.97 Å². The minimum Gasteiger partial charge on any atom is -0.478 e. The van der Waals surface area contributed by atoms with E-state index in [0.29, 0.717) is 23.8 Å². The van der Waals surface area contributed by atoms with Gasteiger partial charge in [0.15, 0.2) is 5.82 Å². The number of amides is 1. The van der Waals surface area contributed by atoms with Crippen molar-refractivity contribution in [3.63, 3.8) is 0 Å². The van der Waals surface area contributed by atoms with Crippen LogP contribution < -0.4 is 0 Å². The third kappa shape index (κ3) is 3.35. The Morgan fingerprint density at radius 1 is 1.28 bits per heavy atom. The fourth-order valence-corrected chi connectivity index (χ4v) is 3.21. The molecular weight excluding hydrogens is 325 g/mol. The molecule has 1 atom stereocenters. The predicted molar refractivity (Wildman–Crippen MR) is 88.5 cm³/mol. The summed E-state index contributed by atoms with van der Waals surface area (Å²) in [7, 11) is 0. The van der Waals surface area contributed by atoms with Crippen LogP contribution in [0, 0.1) is 12.7 Å². The third-order valence-electron chi connectivity index (χ3n) is 4.31. The van der Waals surface area contributed by atoms with Crippen LogP contribution in [0.25, 0.3) is 11.3 Å². The standard InChI is InChI=1S/C18H18FN3O3/c1-10-8-15(14-9-12(19)5-6-13(14)18(24)25)21-17(20-10)16-4-3-7-22(16)11(2)23/h5-6,8-9,16H,3-4,7H2,1-2H3,(H,24,25)/t16-/m1/s1. The molecule has 25 heavy (non-hydrogen) atoms. The maximum atomic E-state index is 13.7. The molecule has 1 N–H and O–H groups in total. The van der Waals surface area contributed by atoms with E-state index >= 15 is 0 Å². The van der Waals surface area contributed by atoms with E-state index in [0.717, 1.165) is 25.0 Å². The normalized spacial score (nSPS) is 16.9. The number of aromatic nitrogens is 2. The van der Waals surface area contributed by atoms with Crippen molar-refractivity contribution in [3.05, 3.63) is 47.2 Å². The molecule has 0 aliphatic carbocycles. The van der Waals surface area contributed by atoms with Crippen molar-refractivity contribution in [1.82, 2.24) is 14.9 Å². The molecule has 1 aromatic carbocycles. The fraction of sp³-hybridized carbons (Fsp3) is 0.333. The molecule has 2 aromatic rings. The summed E-state index contributed by atoms with van der Waals surface area (Å²) in [4.78, 5) is 33.9. The summed E-state index contributed by atoms with van der Waals surface area (Å²) in [5.74, 6) is -1.28. The minimum atomic E-state index is -1.15. The molecule has 7 heteroatoms. The number of carboxylic acids is 1. The number of rotatable bonds is 3. The Balaban J connectivity index is 2.11. The van der Waals surface area contributed by atoms with Crippen LogP contribution in [0.5, 0.6) is 0 Å². The predicted octanol–water partition coefficient (Wildman–Crippen LogP) is 2.97. The molecule has 1 fully saturated rings. The summed E-state index contributed by atoms with van der Waals surface area (Å²) in [5, 5.41) is 9.36. The van der Waals surface area contributed by atoms with Crippen molar-refractivity contribution in [2.24, 2.45) is 0 Å². The number of halogens is 1. The SMILES string of the molecule is CC(=O)N1CCC[C@@H]1c1nc(C)cc(-c2cc(F)ccc2C(=O)O)n1. The number of hydrogen-bond acceptors (Lipinski definition) is 4. The number of likely N-dealkylation sites (tertiary alicyclic amines) is 1. The molecule has 3 rings (SSSR count). The Labute approximate surface area is 144 Å². The molecule has 1 aliphatic heterocycles. The molecule has 1 saturated heterocycles. The zero-order valence-electron chi connectivity index (χ0n) is 14.0. The van der Waals surface area contributed by atoms with Crippen LogP contribution in [0.1, 0.15) is 47.7 Å². The van der Waals surface area contributed by atoms with E-state index in [1.807, 2.05) is 0 Å². The molecule has 0 spiro atoms. The Morgan fingerprint density at radius 2 is 2.04 bits per heavy atom. The Hall–Kier alpha value is -2.83. The van der Waals surface area contributed by atoms with Crippen LogP contribution in [0.2, 0.25) is 0 Å². The first kappa shape index (κ1) is 17.0. The van der Waals surface area contributed by atoms with Crippen molar-refractivity contribution >= 4 is 11.9 Å². The average Bonchev–Trinajstić information content (AvgIpc) is 3.03. The lowest BCUT2D eigenvalue weighted by atomic mass is 10.0.